The smallest absolute Gasteiger partial charge is 0.293 e. The molecule has 2 aromatic rings. The van der Waals surface area contributed by atoms with Crippen molar-refractivity contribution < 1.29 is 19.8 Å². The van der Waals surface area contributed by atoms with Crippen LogP contribution in [0.2, 0.25) is 10.0 Å². The number of thioether (sulfide) groups is 1. The van der Waals surface area contributed by atoms with E-state index >= 15 is 0 Å². The second-order valence-electron chi connectivity index (χ2n) is 5.22. The van der Waals surface area contributed by atoms with Gasteiger partial charge in [-0.05, 0) is 47.7 Å². The van der Waals surface area contributed by atoms with Crippen LogP contribution in [0.4, 0.5) is 4.79 Å². The molecule has 128 valence electrons. The van der Waals surface area contributed by atoms with Crippen molar-refractivity contribution in [3.63, 3.8) is 0 Å². The van der Waals surface area contributed by atoms with E-state index in [4.69, 9.17) is 23.2 Å². The summed E-state index contributed by atoms with van der Waals surface area (Å²) < 4.78 is 0. The molecule has 2 aromatic carbocycles. The molecular weight excluding hydrogens is 385 g/mol. The minimum atomic E-state index is -0.474. The maximum atomic E-state index is 12.5. The van der Waals surface area contributed by atoms with Crippen molar-refractivity contribution in [2.45, 2.75) is 6.54 Å². The number of amides is 2. The van der Waals surface area contributed by atoms with Gasteiger partial charge in [0.2, 0.25) is 0 Å². The average Bonchev–Trinajstić information content (AvgIpc) is 2.81. The molecule has 0 unspecified atom stereocenters. The van der Waals surface area contributed by atoms with Crippen molar-refractivity contribution in [1.82, 2.24) is 4.90 Å². The highest BCUT2D eigenvalue weighted by molar-refractivity contribution is 8.18. The van der Waals surface area contributed by atoms with E-state index in [9.17, 15) is 19.8 Å². The summed E-state index contributed by atoms with van der Waals surface area (Å²) in [5.74, 6) is -1.05. The molecule has 0 saturated carbocycles. The molecule has 0 bridgehead atoms. The van der Waals surface area contributed by atoms with Crippen LogP contribution in [0.15, 0.2) is 41.3 Å². The lowest BCUT2D eigenvalue weighted by atomic mass is 10.1. The minimum absolute atomic E-state index is 0.0264. The van der Waals surface area contributed by atoms with Crippen LogP contribution in [0.5, 0.6) is 11.5 Å². The SMILES string of the molecule is O=C1S/C(=C\c2ccc(O)c(O)c2)C(=O)N1Cc1c(Cl)cccc1Cl. The van der Waals surface area contributed by atoms with Crippen LogP contribution < -0.4 is 0 Å². The molecular formula is C17H11Cl2NO4S. The Balaban J connectivity index is 1.87. The molecule has 8 heteroatoms. The first kappa shape index (κ1) is 17.7. The third kappa shape index (κ3) is 3.61. The number of carbonyl (C=O) groups excluding carboxylic acids is 2. The Morgan fingerprint density at radius 3 is 2.36 bits per heavy atom. The lowest BCUT2D eigenvalue weighted by Gasteiger charge is -2.14. The summed E-state index contributed by atoms with van der Waals surface area (Å²) in [5, 5.41) is 19.2. The first-order valence-corrected chi connectivity index (χ1v) is 8.64. The number of rotatable bonds is 3. The number of phenolic OH excluding ortho intramolecular Hbond substituents is 2. The Morgan fingerprint density at radius 1 is 1.04 bits per heavy atom. The van der Waals surface area contributed by atoms with Gasteiger partial charge in [0.15, 0.2) is 11.5 Å². The zero-order valence-corrected chi connectivity index (χ0v) is 14.9. The van der Waals surface area contributed by atoms with Crippen molar-refractivity contribution in [1.29, 1.82) is 0 Å². The molecule has 2 amide bonds. The molecule has 0 aliphatic carbocycles. The van der Waals surface area contributed by atoms with Gasteiger partial charge in [-0.25, -0.2) is 0 Å². The Kier molecular flexibility index (Phi) is 4.94. The van der Waals surface area contributed by atoms with Gasteiger partial charge in [-0.3, -0.25) is 14.5 Å². The number of hydrogen-bond acceptors (Lipinski definition) is 5. The van der Waals surface area contributed by atoms with Gasteiger partial charge in [0.1, 0.15) is 0 Å². The van der Waals surface area contributed by atoms with Gasteiger partial charge in [0.25, 0.3) is 11.1 Å². The largest absolute Gasteiger partial charge is 0.504 e. The Bertz CT molecular complexity index is 893. The number of hydrogen-bond donors (Lipinski definition) is 2. The van der Waals surface area contributed by atoms with Crippen molar-refractivity contribution in [3.8, 4) is 11.5 Å². The molecule has 1 aliphatic heterocycles. The summed E-state index contributed by atoms with van der Waals surface area (Å²) in [6.07, 6.45) is 1.47. The molecule has 0 aromatic heterocycles. The maximum Gasteiger partial charge on any atom is 0.293 e. The quantitative estimate of drug-likeness (QED) is 0.584. The molecule has 1 saturated heterocycles. The van der Waals surface area contributed by atoms with Crippen LogP contribution in [-0.2, 0) is 11.3 Å². The second kappa shape index (κ2) is 7.00. The van der Waals surface area contributed by atoms with E-state index < -0.39 is 11.1 Å². The molecule has 25 heavy (non-hydrogen) atoms. The maximum absolute atomic E-state index is 12.5. The second-order valence-corrected chi connectivity index (χ2v) is 7.02. The van der Waals surface area contributed by atoms with E-state index in [1.165, 1.54) is 24.3 Å². The molecule has 1 aliphatic rings. The molecule has 0 spiro atoms. The number of halogens is 2. The minimum Gasteiger partial charge on any atom is -0.504 e. The van der Waals surface area contributed by atoms with Crippen LogP contribution in [0.1, 0.15) is 11.1 Å². The zero-order chi connectivity index (χ0) is 18.1. The van der Waals surface area contributed by atoms with E-state index in [1.807, 2.05) is 0 Å². The molecule has 2 N–H and O–H groups in total. The van der Waals surface area contributed by atoms with Gasteiger partial charge < -0.3 is 10.2 Å². The highest BCUT2D eigenvalue weighted by atomic mass is 35.5. The fraction of sp³-hybridized carbons (Fsp3) is 0.0588. The third-order valence-electron chi connectivity index (χ3n) is 3.55. The van der Waals surface area contributed by atoms with Gasteiger partial charge in [-0.2, -0.15) is 0 Å². The lowest BCUT2D eigenvalue weighted by molar-refractivity contribution is -0.123. The monoisotopic (exact) mass is 395 g/mol. The van der Waals surface area contributed by atoms with Crippen LogP contribution in [0.25, 0.3) is 6.08 Å². The van der Waals surface area contributed by atoms with Crippen molar-refractivity contribution in [2.24, 2.45) is 0 Å². The Hall–Kier alpha value is -2.15. The van der Waals surface area contributed by atoms with Crippen molar-refractivity contribution in [2.75, 3.05) is 0 Å². The van der Waals surface area contributed by atoms with Crippen LogP contribution >= 0.6 is 35.0 Å². The standard InChI is InChI=1S/C17H11Cl2NO4S/c18-11-2-1-3-12(19)10(11)8-20-16(23)15(25-17(20)24)7-9-4-5-13(21)14(22)6-9/h1-7,21-22H,8H2/b15-7-. The Morgan fingerprint density at radius 2 is 1.72 bits per heavy atom. The van der Waals surface area contributed by atoms with Gasteiger partial charge >= 0.3 is 0 Å². The lowest BCUT2D eigenvalue weighted by Crippen LogP contribution is -2.27. The molecule has 1 heterocycles. The first-order chi connectivity index (χ1) is 11.9. The summed E-state index contributed by atoms with van der Waals surface area (Å²) in [5.41, 5.74) is 0.980. The predicted octanol–water partition coefficient (Wildman–Crippen LogP) is 4.64. The van der Waals surface area contributed by atoms with E-state index in [2.05, 4.69) is 0 Å². The van der Waals surface area contributed by atoms with Crippen LogP contribution in [0, 0.1) is 0 Å². The highest BCUT2D eigenvalue weighted by Crippen LogP contribution is 2.36. The molecule has 5 nitrogen and oxygen atoms in total. The topological polar surface area (TPSA) is 77.8 Å². The summed E-state index contributed by atoms with van der Waals surface area (Å²) >= 11 is 13.0. The Labute approximate surface area is 157 Å². The number of nitrogens with zero attached hydrogens (tertiary/aromatic N) is 1. The van der Waals surface area contributed by atoms with Gasteiger partial charge in [0, 0.05) is 15.6 Å². The van der Waals surface area contributed by atoms with E-state index in [-0.39, 0.29) is 22.9 Å². The summed E-state index contributed by atoms with van der Waals surface area (Å²) in [6, 6.07) is 9.07. The number of aromatic hydroxyl groups is 2. The first-order valence-electron chi connectivity index (χ1n) is 7.07. The average molecular weight is 396 g/mol. The van der Waals surface area contributed by atoms with E-state index in [0.717, 1.165) is 16.7 Å². The predicted molar refractivity (Wildman–Crippen MR) is 97.7 cm³/mol. The molecule has 0 atom stereocenters. The van der Waals surface area contributed by atoms with Crippen LogP contribution in [0.3, 0.4) is 0 Å². The van der Waals surface area contributed by atoms with Crippen molar-refractivity contribution in [3.05, 3.63) is 62.5 Å². The summed E-state index contributed by atoms with van der Waals surface area (Å²) in [7, 11) is 0. The van der Waals surface area contributed by atoms with Crippen molar-refractivity contribution >= 4 is 52.2 Å². The molecule has 1 fully saturated rings. The summed E-state index contributed by atoms with van der Waals surface area (Å²) in [6.45, 7) is -0.0264. The van der Waals surface area contributed by atoms with E-state index in [1.54, 1.807) is 18.2 Å². The normalized spacial score (nSPS) is 16.1. The number of benzene rings is 2. The zero-order valence-electron chi connectivity index (χ0n) is 12.6. The number of phenols is 2. The van der Waals surface area contributed by atoms with Crippen LogP contribution in [-0.4, -0.2) is 26.3 Å². The van der Waals surface area contributed by atoms with Gasteiger partial charge in [-0.1, -0.05) is 35.3 Å². The highest BCUT2D eigenvalue weighted by Gasteiger charge is 2.35. The number of imide groups is 1. The van der Waals surface area contributed by atoms with Gasteiger partial charge in [-0.15, -0.1) is 0 Å². The fourth-order valence-electron chi connectivity index (χ4n) is 2.26. The third-order valence-corrected chi connectivity index (χ3v) is 5.16. The van der Waals surface area contributed by atoms with Gasteiger partial charge in [0.05, 0.1) is 11.4 Å². The molecule has 0 radical (unpaired) electrons. The van der Waals surface area contributed by atoms with E-state index in [0.29, 0.717) is 21.2 Å². The number of carbonyl (C=O) groups is 2. The molecule has 3 rings (SSSR count). The summed E-state index contributed by atoms with van der Waals surface area (Å²) in [4.78, 5) is 26.0. The fourth-order valence-corrected chi connectivity index (χ4v) is 3.61.